The monoisotopic (exact) mass is 227 g/mol. The summed E-state index contributed by atoms with van der Waals surface area (Å²) in [7, 11) is 0. The number of hydrogen-bond donors (Lipinski definition) is 1. The predicted octanol–water partition coefficient (Wildman–Crippen LogP) is 3.90. The van der Waals surface area contributed by atoms with Crippen LogP contribution < -0.4 is 5.32 Å². The maximum atomic E-state index is 10.5. The molecule has 1 N–H and O–H groups in total. The van der Waals surface area contributed by atoms with E-state index in [-0.39, 0.29) is 5.91 Å². The zero-order chi connectivity index (χ0) is 12.4. The molecule has 1 saturated carbocycles. The number of carbonyl (C=O) groups is 1. The minimum absolute atomic E-state index is 0.0920. The van der Waals surface area contributed by atoms with Crippen molar-refractivity contribution in [2.24, 2.45) is 5.92 Å². The Labute approximate surface area is 101 Å². The molecule has 0 aromatic rings. The highest BCUT2D eigenvalue weighted by Gasteiger charge is 2.27. The molecule has 0 radical (unpaired) electrons. The fraction of sp³-hybridized carbons (Fsp3) is 0.929. The first-order valence-corrected chi connectivity index (χ1v) is 6.88. The van der Waals surface area contributed by atoms with Gasteiger partial charge < -0.3 is 5.32 Å². The molecule has 0 aromatic carbocycles. The zero-order valence-corrected chi connectivity index (χ0v) is 11.5. The van der Waals surface area contributed by atoms with Gasteiger partial charge in [-0.25, -0.2) is 0 Å². The van der Waals surface area contributed by atoms with E-state index in [2.05, 4.69) is 26.1 Å². The molecule has 0 saturated heterocycles. The third-order valence-corrected chi connectivity index (χ3v) is 2.97. The van der Waals surface area contributed by atoms with Crippen LogP contribution in [0.5, 0.6) is 0 Å². The fourth-order valence-electron chi connectivity index (χ4n) is 1.71. The molecule has 1 rings (SSSR count). The summed E-state index contributed by atoms with van der Waals surface area (Å²) in [6.45, 7) is 8.13. The summed E-state index contributed by atoms with van der Waals surface area (Å²) in [6.07, 6.45) is 9.59. The number of nitrogens with one attached hydrogen (secondary N) is 1. The van der Waals surface area contributed by atoms with E-state index in [9.17, 15) is 4.79 Å². The summed E-state index contributed by atoms with van der Waals surface area (Å²) in [5, 5.41) is 2.87. The second-order valence-electron chi connectivity index (χ2n) is 4.89. The van der Waals surface area contributed by atoms with Gasteiger partial charge in [-0.2, -0.15) is 0 Å². The molecule has 0 aromatic heterocycles. The molecule has 1 amide bonds. The number of unbranched alkanes of at least 4 members (excludes halogenated alkanes) is 4. The Hall–Kier alpha value is -0.530. The Balaban J connectivity index is 0.000000293. The van der Waals surface area contributed by atoms with Gasteiger partial charge in [0.1, 0.15) is 0 Å². The third kappa shape index (κ3) is 10.0. The van der Waals surface area contributed by atoms with Gasteiger partial charge in [0.25, 0.3) is 0 Å². The van der Waals surface area contributed by atoms with E-state index >= 15 is 0 Å². The molecule has 1 fully saturated rings. The Bertz CT molecular complexity index is 172. The van der Waals surface area contributed by atoms with Crippen LogP contribution in [0.2, 0.25) is 0 Å². The Morgan fingerprint density at radius 3 is 2.00 bits per heavy atom. The predicted molar refractivity (Wildman–Crippen MR) is 70.4 cm³/mol. The lowest BCUT2D eigenvalue weighted by molar-refractivity contribution is -0.119. The minimum atomic E-state index is 0.0920. The molecule has 2 nitrogen and oxygen atoms in total. The van der Waals surface area contributed by atoms with Crippen molar-refractivity contribution >= 4 is 5.91 Å². The van der Waals surface area contributed by atoms with Crippen LogP contribution in [-0.4, -0.2) is 11.9 Å². The quantitative estimate of drug-likeness (QED) is 0.685. The van der Waals surface area contributed by atoms with Crippen LogP contribution >= 0.6 is 0 Å². The number of rotatable bonds is 6. The molecule has 1 unspecified atom stereocenters. The highest BCUT2D eigenvalue weighted by atomic mass is 16.1. The van der Waals surface area contributed by atoms with Gasteiger partial charge in [-0.05, 0) is 25.7 Å². The van der Waals surface area contributed by atoms with E-state index in [0.29, 0.717) is 6.04 Å². The van der Waals surface area contributed by atoms with Crippen molar-refractivity contribution in [3.8, 4) is 0 Å². The van der Waals surface area contributed by atoms with Crippen LogP contribution in [0, 0.1) is 5.92 Å². The highest BCUT2D eigenvalue weighted by Crippen LogP contribution is 2.32. The fourth-order valence-corrected chi connectivity index (χ4v) is 1.71. The molecule has 2 heteroatoms. The molecular formula is C14H29NO. The summed E-state index contributed by atoms with van der Waals surface area (Å²) in [6, 6.07) is 0.405. The van der Waals surface area contributed by atoms with Crippen molar-refractivity contribution < 1.29 is 4.79 Å². The minimum Gasteiger partial charge on any atom is -0.354 e. The molecule has 0 aliphatic heterocycles. The molecule has 0 spiro atoms. The van der Waals surface area contributed by atoms with Gasteiger partial charge in [0.15, 0.2) is 0 Å². The number of carbonyl (C=O) groups excluding carboxylic acids is 1. The average Bonchev–Trinajstić information content (AvgIpc) is 3.01. The molecule has 0 heterocycles. The van der Waals surface area contributed by atoms with Crippen molar-refractivity contribution in [1.82, 2.24) is 5.32 Å². The first-order valence-electron chi connectivity index (χ1n) is 6.88. The normalized spacial score (nSPS) is 16.0. The smallest absolute Gasteiger partial charge is 0.217 e. The van der Waals surface area contributed by atoms with Gasteiger partial charge in [-0.15, -0.1) is 0 Å². The van der Waals surface area contributed by atoms with Crippen molar-refractivity contribution in [3.05, 3.63) is 0 Å². The molecule has 1 aliphatic rings. The lowest BCUT2D eigenvalue weighted by atomic mass is 10.2. The standard InChI is InChI=1S/C7H13NO.C7H16/c1-5(7-3-4-7)8-6(2)9;1-3-5-7-6-4-2/h5,7H,3-4H2,1-2H3,(H,8,9);3-7H2,1-2H3. The molecule has 16 heavy (non-hydrogen) atoms. The molecular weight excluding hydrogens is 198 g/mol. The van der Waals surface area contributed by atoms with Crippen molar-refractivity contribution in [1.29, 1.82) is 0 Å². The summed E-state index contributed by atoms with van der Waals surface area (Å²) in [4.78, 5) is 10.5. The second-order valence-corrected chi connectivity index (χ2v) is 4.89. The Kier molecular flexibility index (Phi) is 9.36. The van der Waals surface area contributed by atoms with E-state index in [1.165, 1.54) is 44.9 Å². The highest BCUT2D eigenvalue weighted by molar-refractivity contribution is 5.73. The second kappa shape index (κ2) is 9.68. The largest absolute Gasteiger partial charge is 0.354 e. The van der Waals surface area contributed by atoms with E-state index in [4.69, 9.17) is 0 Å². The van der Waals surface area contributed by atoms with Crippen molar-refractivity contribution in [3.63, 3.8) is 0 Å². The molecule has 0 bridgehead atoms. The van der Waals surface area contributed by atoms with Gasteiger partial charge in [0.05, 0.1) is 0 Å². The van der Waals surface area contributed by atoms with Crippen LogP contribution in [0.1, 0.15) is 72.6 Å². The Morgan fingerprint density at radius 1 is 1.19 bits per heavy atom. The van der Waals surface area contributed by atoms with Gasteiger partial charge in [-0.1, -0.05) is 46.0 Å². The van der Waals surface area contributed by atoms with Gasteiger partial charge >= 0.3 is 0 Å². The van der Waals surface area contributed by atoms with Crippen molar-refractivity contribution in [2.75, 3.05) is 0 Å². The maximum Gasteiger partial charge on any atom is 0.217 e. The first-order chi connectivity index (χ1) is 7.61. The molecule has 1 atom stereocenters. The first kappa shape index (κ1) is 15.5. The van der Waals surface area contributed by atoms with Gasteiger partial charge in [0, 0.05) is 13.0 Å². The zero-order valence-electron chi connectivity index (χ0n) is 11.5. The summed E-state index contributed by atoms with van der Waals surface area (Å²) >= 11 is 0. The SMILES string of the molecule is CC(=O)NC(C)C1CC1.CCCCCCC. The van der Waals surface area contributed by atoms with E-state index in [0.717, 1.165) is 5.92 Å². The van der Waals surface area contributed by atoms with Crippen LogP contribution in [-0.2, 0) is 4.79 Å². The third-order valence-electron chi connectivity index (χ3n) is 2.97. The van der Waals surface area contributed by atoms with Gasteiger partial charge in [-0.3, -0.25) is 4.79 Å². The maximum absolute atomic E-state index is 10.5. The summed E-state index contributed by atoms with van der Waals surface area (Å²) < 4.78 is 0. The van der Waals surface area contributed by atoms with Crippen LogP contribution in [0.25, 0.3) is 0 Å². The van der Waals surface area contributed by atoms with E-state index < -0.39 is 0 Å². The lowest BCUT2D eigenvalue weighted by Gasteiger charge is -2.09. The summed E-state index contributed by atoms with van der Waals surface area (Å²) in [5.74, 6) is 0.864. The van der Waals surface area contributed by atoms with Crippen LogP contribution in [0.15, 0.2) is 0 Å². The van der Waals surface area contributed by atoms with E-state index in [1.807, 2.05) is 0 Å². The average molecular weight is 227 g/mol. The van der Waals surface area contributed by atoms with Gasteiger partial charge in [0.2, 0.25) is 5.91 Å². The van der Waals surface area contributed by atoms with Crippen LogP contribution in [0.3, 0.4) is 0 Å². The number of hydrogen-bond acceptors (Lipinski definition) is 1. The molecule has 96 valence electrons. The lowest BCUT2D eigenvalue weighted by Crippen LogP contribution is -2.31. The molecule has 1 aliphatic carbocycles. The van der Waals surface area contributed by atoms with Crippen LogP contribution in [0.4, 0.5) is 0 Å². The van der Waals surface area contributed by atoms with Crippen molar-refractivity contribution in [2.45, 2.75) is 78.7 Å². The van der Waals surface area contributed by atoms with E-state index in [1.54, 1.807) is 6.92 Å². The summed E-state index contributed by atoms with van der Waals surface area (Å²) in [5.41, 5.74) is 0. The Morgan fingerprint density at radius 2 is 1.69 bits per heavy atom. The number of amides is 1. The topological polar surface area (TPSA) is 29.1 Å².